The minimum absolute atomic E-state index is 0.109. The Morgan fingerprint density at radius 3 is 2.65 bits per heavy atom. The van der Waals surface area contributed by atoms with E-state index in [0.717, 1.165) is 5.56 Å². The van der Waals surface area contributed by atoms with E-state index in [2.05, 4.69) is 20.5 Å². The molecule has 0 aliphatic rings. The number of carbonyl (C=O) groups excluding carboxylic acids is 1. The Hall–Kier alpha value is -2.23. The Kier molecular flexibility index (Phi) is 6.52. The van der Waals surface area contributed by atoms with Crippen molar-refractivity contribution >= 4 is 21.6 Å². The fourth-order valence-corrected chi connectivity index (χ4v) is 3.78. The topological polar surface area (TPSA) is 105 Å². The van der Waals surface area contributed by atoms with Gasteiger partial charge in [-0.3, -0.25) is 9.48 Å². The Morgan fingerprint density at radius 1 is 1.35 bits per heavy atom. The molecule has 0 radical (unpaired) electrons. The molecule has 0 fully saturated rings. The van der Waals surface area contributed by atoms with Gasteiger partial charge in [0.2, 0.25) is 15.9 Å². The molecule has 2 aromatic rings. The molecule has 0 bridgehead atoms. The largest absolute Gasteiger partial charge is 0.324 e. The van der Waals surface area contributed by atoms with Gasteiger partial charge in [-0.2, -0.15) is 5.10 Å². The molecule has 2 atom stereocenters. The molecule has 1 aromatic heterocycles. The molecular formula is C17H25N5O3S. The summed E-state index contributed by atoms with van der Waals surface area (Å²) in [7, 11) is -0.189. The molecule has 9 heteroatoms. The predicted molar refractivity (Wildman–Crippen MR) is 100 cm³/mol. The predicted octanol–water partition coefficient (Wildman–Crippen LogP) is 1.40. The highest BCUT2D eigenvalue weighted by Gasteiger charge is 2.21. The first-order chi connectivity index (χ1) is 12.3. The lowest BCUT2D eigenvalue weighted by molar-refractivity contribution is -0.118. The number of nitrogens with one attached hydrogen (secondary N) is 3. The molecule has 0 saturated carbocycles. The number of rotatable bonds is 8. The molecular weight excluding hydrogens is 354 g/mol. The van der Waals surface area contributed by atoms with Gasteiger partial charge in [0, 0.05) is 30.5 Å². The molecule has 2 unspecified atom stereocenters. The van der Waals surface area contributed by atoms with Crippen LogP contribution < -0.4 is 15.4 Å². The van der Waals surface area contributed by atoms with E-state index in [1.807, 2.05) is 6.92 Å². The van der Waals surface area contributed by atoms with Crippen molar-refractivity contribution in [1.82, 2.24) is 19.8 Å². The van der Waals surface area contributed by atoms with Crippen molar-refractivity contribution in [2.75, 3.05) is 12.4 Å². The second kappa shape index (κ2) is 8.43. The van der Waals surface area contributed by atoms with Crippen LogP contribution in [0.1, 0.15) is 31.9 Å². The summed E-state index contributed by atoms with van der Waals surface area (Å²) >= 11 is 0. The van der Waals surface area contributed by atoms with Gasteiger partial charge >= 0.3 is 0 Å². The SMILES string of the molecule is CCC(C)NS(=O)(=O)c1cccc(NC(=O)C(NC)c2cnn(C)c2)c1. The van der Waals surface area contributed by atoms with Crippen LogP contribution in [0.2, 0.25) is 0 Å². The van der Waals surface area contributed by atoms with Crippen molar-refractivity contribution in [2.24, 2.45) is 7.05 Å². The van der Waals surface area contributed by atoms with Gasteiger partial charge in [0.1, 0.15) is 6.04 Å². The molecule has 2 rings (SSSR count). The smallest absolute Gasteiger partial charge is 0.246 e. The quantitative estimate of drug-likeness (QED) is 0.643. The lowest BCUT2D eigenvalue weighted by atomic mass is 10.1. The lowest BCUT2D eigenvalue weighted by Crippen LogP contribution is -2.32. The third-order valence-corrected chi connectivity index (χ3v) is 5.58. The van der Waals surface area contributed by atoms with E-state index in [1.54, 1.807) is 50.2 Å². The van der Waals surface area contributed by atoms with Crippen molar-refractivity contribution in [3.8, 4) is 0 Å². The molecule has 0 saturated heterocycles. The van der Waals surface area contributed by atoms with Gasteiger partial charge in [0.25, 0.3) is 0 Å². The first-order valence-corrected chi connectivity index (χ1v) is 9.84. The number of aryl methyl sites for hydroxylation is 1. The standard InChI is InChI=1S/C17H25N5O3S/c1-5-12(2)21-26(24,25)15-8-6-7-14(9-15)20-17(23)16(18-3)13-10-19-22(4)11-13/h6-12,16,18,21H,5H2,1-4H3,(H,20,23). The van der Waals surface area contributed by atoms with E-state index in [4.69, 9.17) is 0 Å². The van der Waals surface area contributed by atoms with Gasteiger partial charge < -0.3 is 10.6 Å². The van der Waals surface area contributed by atoms with E-state index in [-0.39, 0.29) is 16.8 Å². The third kappa shape index (κ3) is 4.90. The van der Waals surface area contributed by atoms with Crippen LogP contribution in [0.4, 0.5) is 5.69 Å². The summed E-state index contributed by atoms with van der Waals surface area (Å²) in [6.07, 6.45) is 4.04. The number of benzene rings is 1. The first kappa shape index (κ1) is 20.1. The van der Waals surface area contributed by atoms with Crippen molar-refractivity contribution in [3.63, 3.8) is 0 Å². The summed E-state index contributed by atoms with van der Waals surface area (Å²) in [6.45, 7) is 3.70. The normalized spacial score (nSPS) is 14.0. The molecule has 3 N–H and O–H groups in total. The number of nitrogens with zero attached hydrogens (tertiary/aromatic N) is 2. The summed E-state index contributed by atoms with van der Waals surface area (Å²) in [5.41, 5.74) is 1.13. The van der Waals surface area contributed by atoms with E-state index in [0.29, 0.717) is 12.1 Å². The molecule has 26 heavy (non-hydrogen) atoms. The summed E-state index contributed by atoms with van der Waals surface area (Å²) < 4.78 is 29.0. The molecule has 1 amide bonds. The Balaban J connectivity index is 2.18. The molecule has 1 aromatic carbocycles. The van der Waals surface area contributed by atoms with E-state index < -0.39 is 16.1 Å². The third-order valence-electron chi connectivity index (χ3n) is 3.99. The van der Waals surface area contributed by atoms with Gasteiger partial charge in [0.05, 0.1) is 11.1 Å². The summed E-state index contributed by atoms with van der Waals surface area (Å²) in [5.74, 6) is -0.301. The molecule has 0 aliphatic carbocycles. The Labute approximate surface area is 154 Å². The first-order valence-electron chi connectivity index (χ1n) is 8.36. The molecule has 8 nitrogen and oxygen atoms in total. The van der Waals surface area contributed by atoms with Crippen LogP contribution in [0.25, 0.3) is 0 Å². The number of likely N-dealkylation sites (N-methyl/N-ethyl adjacent to an activating group) is 1. The van der Waals surface area contributed by atoms with Gasteiger partial charge in [-0.1, -0.05) is 13.0 Å². The van der Waals surface area contributed by atoms with E-state index >= 15 is 0 Å². The van der Waals surface area contributed by atoms with Crippen molar-refractivity contribution in [1.29, 1.82) is 0 Å². The average molecular weight is 379 g/mol. The highest BCUT2D eigenvalue weighted by Crippen LogP contribution is 2.19. The van der Waals surface area contributed by atoms with Crippen LogP contribution in [0.15, 0.2) is 41.6 Å². The van der Waals surface area contributed by atoms with Crippen LogP contribution in [0.5, 0.6) is 0 Å². The maximum Gasteiger partial charge on any atom is 0.246 e. The molecule has 0 aliphatic heterocycles. The minimum Gasteiger partial charge on any atom is -0.324 e. The van der Waals surface area contributed by atoms with Crippen LogP contribution >= 0.6 is 0 Å². The Bertz CT molecular complexity index is 863. The highest BCUT2D eigenvalue weighted by molar-refractivity contribution is 7.89. The molecule has 0 spiro atoms. The van der Waals surface area contributed by atoms with Crippen molar-refractivity contribution < 1.29 is 13.2 Å². The number of anilines is 1. The van der Waals surface area contributed by atoms with E-state index in [9.17, 15) is 13.2 Å². The zero-order valence-corrected chi connectivity index (χ0v) is 16.2. The van der Waals surface area contributed by atoms with Crippen LogP contribution in [0.3, 0.4) is 0 Å². The van der Waals surface area contributed by atoms with E-state index in [1.165, 1.54) is 12.1 Å². The number of sulfonamides is 1. The van der Waals surface area contributed by atoms with Crippen LogP contribution in [0, 0.1) is 0 Å². The monoisotopic (exact) mass is 379 g/mol. The van der Waals surface area contributed by atoms with Crippen molar-refractivity contribution in [2.45, 2.75) is 37.2 Å². The highest BCUT2D eigenvalue weighted by atomic mass is 32.2. The average Bonchev–Trinajstić information content (AvgIpc) is 3.01. The zero-order valence-electron chi connectivity index (χ0n) is 15.4. The molecule has 1 heterocycles. The summed E-state index contributed by atoms with van der Waals surface area (Å²) in [4.78, 5) is 12.7. The number of carbonyl (C=O) groups is 1. The minimum atomic E-state index is -3.63. The summed E-state index contributed by atoms with van der Waals surface area (Å²) in [6, 6.07) is 5.42. The summed E-state index contributed by atoms with van der Waals surface area (Å²) in [5, 5.41) is 9.75. The van der Waals surface area contributed by atoms with Gasteiger partial charge in [-0.25, -0.2) is 13.1 Å². The van der Waals surface area contributed by atoms with Gasteiger partial charge in [-0.05, 0) is 38.6 Å². The fourth-order valence-electron chi connectivity index (χ4n) is 2.41. The lowest BCUT2D eigenvalue weighted by Gasteiger charge is -2.16. The second-order valence-corrected chi connectivity index (χ2v) is 7.83. The maximum atomic E-state index is 12.6. The molecule has 142 valence electrons. The number of hydrogen-bond donors (Lipinski definition) is 3. The van der Waals surface area contributed by atoms with Crippen LogP contribution in [-0.4, -0.2) is 37.2 Å². The second-order valence-electron chi connectivity index (χ2n) is 6.12. The van der Waals surface area contributed by atoms with Gasteiger partial charge in [-0.15, -0.1) is 0 Å². The maximum absolute atomic E-state index is 12.6. The number of hydrogen-bond acceptors (Lipinski definition) is 5. The zero-order chi connectivity index (χ0) is 19.3. The number of amides is 1. The number of aromatic nitrogens is 2. The Morgan fingerprint density at radius 2 is 2.08 bits per heavy atom. The fraction of sp³-hybridized carbons (Fsp3) is 0.412. The van der Waals surface area contributed by atoms with Crippen molar-refractivity contribution in [3.05, 3.63) is 42.2 Å². The van der Waals surface area contributed by atoms with Crippen LogP contribution in [-0.2, 0) is 21.9 Å². The van der Waals surface area contributed by atoms with Gasteiger partial charge in [0.15, 0.2) is 0 Å².